The number of nitrogens with zero attached hydrogens (tertiary/aromatic N) is 3. The van der Waals surface area contributed by atoms with Crippen molar-refractivity contribution in [3.63, 3.8) is 0 Å². The van der Waals surface area contributed by atoms with E-state index in [-0.39, 0.29) is 12.3 Å². The largest absolute Gasteiger partial charge is 0.473 e. The first kappa shape index (κ1) is 17.6. The van der Waals surface area contributed by atoms with E-state index in [1.165, 1.54) is 12.3 Å². The van der Waals surface area contributed by atoms with Gasteiger partial charge in [0.25, 0.3) is 5.91 Å². The van der Waals surface area contributed by atoms with Gasteiger partial charge in [-0.05, 0) is 34.5 Å². The molecule has 1 aliphatic carbocycles. The van der Waals surface area contributed by atoms with Crippen LogP contribution in [0, 0.1) is 6.57 Å². The van der Waals surface area contributed by atoms with E-state index in [1.54, 1.807) is 12.1 Å². The lowest BCUT2D eigenvalue weighted by Crippen LogP contribution is -2.51. The van der Waals surface area contributed by atoms with Crippen molar-refractivity contribution in [3.05, 3.63) is 62.8 Å². The molecule has 2 aromatic heterocycles. The van der Waals surface area contributed by atoms with E-state index in [1.807, 2.05) is 6.07 Å². The topological polar surface area (TPSA) is 68.5 Å². The molecule has 3 rings (SSSR count). The van der Waals surface area contributed by atoms with E-state index >= 15 is 0 Å². The quantitative estimate of drug-likeness (QED) is 0.585. The van der Waals surface area contributed by atoms with Crippen LogP contribution >= 0.6 is 27.5 Å². The third-order valence-corrected chi connectivity index (χ3v) is 4.76. The summed E-state index contributed by atoms with van der Waals surface area (Å²) in [6, 6.07) is 6.83. The molecular formula is C17H14BrClN4O2. The zero-order valence-electron chi connectivity index (χ0n) is 13.1. The van der Waals surface area contributed by atoms with Crippen LogP contribution in [0.2, 0.25) is 5.02 Å². The van der Waals surface area contributed by atoms with Gasteiger partial charge in [-0.2, -0.15) is 0 Å². The van der Waals surface area contributed by atoms with Crippen molar-refractivity contribution in [2.24, 2.45) is 0 Å². The molecule has 1 N–H and O–H groups in total. The van der Waals surface area contributed by atoms with Gasteiger partial charge >= 0.3 is 5.66 Å². The third kappa shape index (κ3) is 4.09. The van der Waals surface area contributed by atoms with Gasteiger partial charge in [0.1, 0.15) is 16.9 Å². The fourth-order valence-corrected chi connectivity index (χ4v) is 2.90. The van der Waals surface area contributed by atoms with Gasteiger partial charge in [0.15, 0.2) is 0 Å². The van der Waals surface area contributed by atoms with Gasteiger partial charge in [-0.1, -0.05) is 17.7 Å². The molecule has 2 heterocycles. The van der Waals surface area contributed by atoms with Crippen LogP contribution in [-0.4, -0.2) is 21.5 Å². The molecule has 6 nitrogen and oxygen atoms in total. The second-order valence-electron chi connectivity index (χ2n) is 5.70. The van der Waals surface area contributed by atoms with Crippen molar-refractivity contribution in [2.45, 2.75) is 31.5 Å². The predicted molar refractivity (Wildman–Crippen MR) is 96.2 cm³/mol. The number of carbonyl (C=O) groups excluding carboxylic acids is 1. The van der Waals surface area contributed by atoms with E-state index < -0.39 is 11.6 Å². The Labute approximate surface area is 158 Å². The molecule has 0 aromatic carbocycles. The van der Waals surface area contributed by atoms with Crippen LogP contribution in [-0.2, 0) is 6.61 Å². The monoisotopic (exact) mass is 420 g/mol. The second kappa shape index (κ2) is 7.38. The summed E-state index contributed by atoms with van der Waals surface area (Å²) in [5.41, 5.74) is 0.0483. The highest BCUT2D eigenvalue weighted by Crippen LogP contribution is 2.33. The number of hydrogen-bond acceptors (Lipinski definition) is 4. The summed E-state index contributed by atoms with van der Waals surface area (Å²) in [5, 5.41) is 3.12. The highest BCUT2D eigenvalue weighted by atomic mass is 79.9. The Hall–Kier alpha value is -2.17. The highest BCUT2D eigenvalue weighted by Gasteiger charge is 2.45. The minimum absolute atomic E-state index is 0.184. The van der Waals surface area contributed by atoms with Gasteiger partial charge < -0.3 is 4.74 Å². The predicted octanol–water partition coefficient (Wildman–Crippen LogP) is 4.00. The fraction of sp³-hybridized carbons (Fsp3) is 0.294. The summed E-state index contributed by atoms with van der Waals surface area (Å²) in [4.78, 5) is 24.1. The molecule has 0 saturated heterocycles. The van der Waals surface area contributed by atoms with Crippen molar-refractivity contribution in [3.8, 4) is 5.88 Å². The van der Waals surface area contributed by atoms with Crippen molar-refractivity contribution < 1.29 is 9.53 Å². The van der Waals surface area contributed by atoms with Gasteiger partial charge in [0, 0.05) is 30.7 Å². The number of hydrogen-bond donors (Lipinski definition) is 1. The minimum Gasteiger partial charge on any atom is -0.473 e. The first-order valence-corrected chi connectivity index (χ1v) is 8.79. The molecule has 0 spiro atoms. The molecule has 2 aromatic rings. The van der Waals surface area contributed by atoms with Crippen LogP contribution in [0.15, 0.2) is 35.1 Å². The Bertz CT molecular complexity index is 849. The number of halogens is 2. The number of aromatic nitrogens is 2. The third-order valence-electron chi connectivity index (χ3n) is 3.97. The molecule has 1 saturated carbocycles. The van der Waals surface area contributed by atoms with Gasteiger partial charge in [0.05, 0.1) is 5.02 Å². The van der Waals surface area contributed by atoms with E-state index in [9.17, 15) is 4.79 Å². The molecule has 0 unspecified atom stereocenters. The summed E-state index contributed by atoms with van der Waals surface area (Å²) in [6.45, 7) is 7.41. The standard InChI is InChI=1S/C17H14BrClN4O2/c1-20-17(6-3-7-17)23-16(24)13-8-12(19)11(9-21-13)10-25-15-5-2-4-14(18)22-15/h2,4-5,8-9H,3,6-7,10H2,(H,23,24). The summed E-state index contributed by atoms with van der Waals surface area (Å²) in [5.74, 6) is 0.0648. The zero-order valence-corrected chi connectivity index (χ0v) is 15.5. The SMILES string of the molecule is [C-]#[N+]C1(NC(=O)c2cc(Cl)c(COc3cccc(Br)n3)cn2)CCC1. The minimum atomic E-state index is -0.778. The lowest BCUT2D eigenvalue weighted by Gasteiger charge is -2.30. The molecular weight excluding hydrogens is 408 g/mol. The molecule has 25 heavy (non-hydrogen) atoms. The molecule has 0 bridgehead atoms. The molecule has 128 valence electrons. The molecule has 1 aliphatic rings. The van der Waals surface area contributed by atoms with Crippen molar-refractivity contribution >= 4 is 33.4 Å². The normalized spacial score (nSPS) is 14.9. The van der Waals surface area contributed by atoms with E-state index in [0.717, 1.165) is 6.42 Å². The Kier molecular flexibility index (Phi) is 5.21. The van der Waals surface area contributed by atoms with Crippen molar-refractivity contribution in [1.29, 1.82) is 0 Å². The first-order valence-electron chi connectivity index (χ1n) is 7.62. The average Bonchev–Trinajstić information content (AvgIpc) is 2.57. The van der Waals surface area contributed by atoms with Gasteiger partial charge in [-0.25, -0.2) is 11.6 Å². The van der Waals surface area contributed by atoms with E-state index in [4.69, 9.17) is 22.9 Å². The molecule has 0 radical (unpaired) electrons. The van der Waals surface area contributed by atoms with Crippen LogP contribution in [0.4, 0.5) is 0 Å². The summed E-state index contributed by atoms with van der Waals surface area (Å²) in [6.07, 6.45) is 3.78. The highest BCUT2D eigenvalue weighted by molar-refractivity contribution is 9.10. The maximum absolute atomic E-state index is 12.3. The van der Waals surface area contributed by atoms with Gasteiger partial charge in [0.2, 0.25) is 5.88 Å². The van der Waals surface area contributed by atoms with Crippen LogP contribution < -0.4 is 10.1 Å². The van der Waals surface area contributed by atoms with E-state index in [2.05, 4.69) is 36.1 Å². The molecule has 0 aliphatic heterocycles. The summed E-state index contributed by atoms with van der Waals surface area (Å²) >= 11 is 9.51. The number of rotatable bonds is 5. The van der Waals surface area contributed by atoms with Crippen LogP contribution in [0.3, 0.4) is 0 Å². The van der Waals surface area contributed by atoms with E-state index in [0.29, 0.717) is 33.9 Å². The lowest BCUT2D eigenvalue weighted by molar-refractivity contribution is 0.0869. The van der Waals surface area contributed by atoms with Crippen LogP contribution in [0.25, 0.3) is 4.85 Å². The smallest absolute Gasteiger partial charge is 0.307 e. The second-order valence-corrected chi connectivity index (χ2v) is 6.92. The summed E-state index contributed by atoms with van der Waals surface area (Å²) in [7, 11) is 0. The van der Waals surface area contributed by atoms with Crippen molar-refractivity contribution in [1.82, 2.24) is 15.3 Å². The number of pyridine rings is 2. The zero-order chi connectivity index (χ0) is 17.9. The van der Waals surface area contributed by atoms with Gasteiger partial charge in [-0.15, -0.1) is 0 Å². The Morgan fingerprint density at radius 2 is 2.28 bits per heavy atom. The Balaban J connectivity index is 1.66. The Morgan fingerprint density at radius 3 is 2.88 bits per heavy atom. The first-order chi connectivity index (χ1) is 12.0. The van der Waals surface area contributed by atoms with Crippen LogP contribution in [0.1, 0.15) is 35.3 Å². The number of amides is 1. The maximum atomic E-state index is 12.3. The Morgan fingerprint density at radius 1 is 1.48 bits per heavy atom. The average molecular weight is 422 g/mol. The van der Waals surface area contributed by atoms with Crippen molar-refractivity contribution in [2.75, 3.05) is 0 Å². The molecule has 1 amide bonds. The lowest BCUT2D eigenvalue weighted by atomic mass is 9.85. The summed E-state index contributed by atoms with van der Waals surface area (Å²) < 4.78 is 6.24. The number of ether oxygens (including phenoxy) is 1. The number of nitrogens with one attached hydrogen (secondary N) is 1. The van der Waals surface area contributed by atoms with Crippen LogP contribution in [0.5, 0.6) is 5.88 Å². The molecule has 1 fully saturated rings. The number of carbonyl (C=O) groups is 1. The van der Waals surface area contributed by atoms with Gasteiger partial charge in [-0.3, -0.25) is 19.9 Å². The fourth-order valence-electron chi connectivity index (χ4n) is 2.36. The molecule has 0 atom stereocenters. The molecule has 8 heteroatoms. The maximum Gasteiger partial charge on any atom is 0.307 e.